The van der Waals surface area contributed by atoms with Gasteiger partial charge in [0.2, 0.25) is 0 Å². The van der Waals surface area contributed by atoms with Gasteiger partial charge in [0, 0.05) is 37.8 Å². The van der Waals surface area contributed by atoms with E-state index >= 15 is 0 Å². The topological polar surface area (TPSA) is 15.3 Å². The monoisotopic (exact) mass is 344 g/mol. The van der Waals surface area contributed by atoms with Gasteiger partial charge in [-0.15, -0.1) is 19.0 Å². The fraction of sp³-hybridized carbons (Fsp3) is 0.556. The number of halogens is 3. The highest BCUT2D eigenvalue weighted by molar-refractivity contribution is 5.85. The van der Waals surface area contributed by atoms with Gasteiger partial charge in [-0.05, 0) is 31.7 Å². The van der Waals surface area contributed by atoms with Gasteiger partial charge in [0.05, 0.1) is 0 Å². The third-order valence-electron chi connectivity index (χ3n) is 4.39. The summed E-state index contributed by atoms with van der Waals surface area (Å²) in [5.41, 5.74) is 0.871. The molecule has 1 saturated heterocycles. The first-order chi connectivity index (χ1) is 10.6. The lowest BCUT2D eigenvalue weighted by atomic mass is 9.96. The van der Waals surface area contributed by atoms with E-state index in [0.29, 0.717) is 11.1 Å². The lowest BCUT2D eigenvalue weighted by Gasteiger charge is -2.35. The molecular formula is C18H27ClF2N2. The summed E-state index contributed by atoms with van der Waals surface area (Å²) >= 11 is 0. The van der Waals surface area contributed by atoms with Gasteiger partial charge in [0.25, 0.3) is 0 Å². The summed E-state index contributed by atoms with van der Waals surface area (Å²) in [6.45, 7) is 8.89. The molecule has 1 aromatic rings. The zero-order chi connectivity index (χ0) is 15.9. The second kappa shape index (κ2) is 10.0. The predicted octanol–water partition coefficient (Wildman–Crippen LogP) is 4.39. The number of nitrogens with one attached hydrogen (secondary N) is 1. The molecular weight excluding hydrogens is 318 g/mol. The van der Waals surface area contributed by atoms with Crippen LogP contribution in [0.5, 0.6) is 0 Å². The maximum Gasteiger partial charge on any atom is 0.163 e. The molecule has 0 radical (unpaired) electrons. The summed E-state index contributed by atoms with van der Waals surface area (Å²) in [4.78, 5) is 2.28. The molecule has 0 aliphatic carbocycles. The van der Waals surface area contributed by atoms with Gasteiger partial charge in [-0.2, -0.15) is 0 Å². The molecule has 1 atom stereocenters. The Hall–Kier alpha value is -0.970. The van der Waals surface area contributed by atoms with E-state index in [1.165, 1.54) is 0 Å². The van der Waals surface area contributed by atoms with Crippen LogP contribution in [-0.4, -0.2) is 31.1 Å². The highest BCUT2D eigenvalue weighted by Gasteiger charge is 2.26. The standard InChI is InChI=1S/C18H26F2N2.ClH/c1-3-4-5-6-7-16(22-12-10-21-11-13-22)15-9-8-14(2)17(19)18(15)20;/h3,8-9,16,21H,1,4-7,10-13H2,2H3;1H/t16-;/m0./s1. The Kier molecular flexibility index (Phi) is 8.74. The van der Waals surface area contributed by atoms with Gasteiger partial charge in [0.15, 0.2) is 11.6 Å². The van der Waals surface area contributed by atoms with E-state index < -0.39 is 11.6 Å². The molecule has 1 aliphatic heterocycles. The molecule has 1 heterocycles. The van der Waals surface area contributed by atoms with E-state index in [9.17, 15) is 8.78 Å². The number of hydrogen-bond acceptors (Lipinski definition) is 2. The molecule has 0 bridgehead atoms. The molecule has 1 aliphatic rings. The van der Waals surface area contributed by atoms with E-state index in [1.807, 2.05) is 6.08 Å². The molecule has 0 spiro atoms. The number of hydrogen-bond donors (Lipinski definition) is 1. The van der Waals surface area contributed by atoms with Crippen molar-refractivity contribution < 1.29 is 8.78 Å². The zero-order valence-electron chi connectivity index (χ0n) is 13.8. The molecule has 130 valence electrons. The van der Waals surface area contributed by atoms with E-state index in [-0.39, 0.29) is 18.4 Å². The van der Waals surface area contributed by atoms with Gasteiger partial charge in [-0.1, -0.05) is 24.6 Å². The Bertz CT molecular complexity index is 502. The number of allylic oxidation sites excluding steroid dienone is 1. The summed E-state index contributed by atoms with van der Waals surface area (Å²) in [5.74, 6) is -1.38. The third kappa shape index (κ3) is 5.27. The van der Waals surface area contributed by atoms with Crippen LogP contribution in [0.3, 0.4) is 0 Å². The summed E-state index contributed by atoms with van der Waals surface area (Å²) < 4.78 is 28.4. The Morgan fingerprint density at radius 1 is 1.22 bits per heavy atom. The van der Waals surface area contributed by atoms with Gasteiger partial charge >= 0.3 is 0 Å². The van der Waals surface area contributed by atoms with Crippen LogP contribution in [0, 0.1) is 18.6 Å². The summed E-state index contributed by atoms with van der Waals surface area (Å²) in [6, 6.07) is 3.41. The van der Waals surface area contributed by atoms with Crippen molar-refractivity contribution in [3.05, 3.63) is 47.5 Å². The fourth-order valence-electron chi connectivity index (χ4n) is 3.07. The van der Waals surface area contributed by atoms with Gasteiger partial charge < -0.3 is 5.32 Å². The molecule has 5 heteroatoms. The zero-order valence-corrected chi connectivity index (χ0v) is 14.6. The number of unbranched alkanes of at least 4 members (excludes halogenated alkanes) is 2. The van der Waals surface area contributed by atoms with Gasteiger partial charge in [0.1, 0.15) is 0 Å². The van der Waals surface area contributed by atoms with Crippen LogP contribution in [0.25, 0.3) is 0 Å². The van der Waals surface area contributed by atoms with Crippen LogP contribution in [0.15, 0.2) is 24.8 Å². The van der Waals surface area contributed by atoms with Crippen molar-refractivity contribution in [1.82, 2.24) is 10.2 Å². The number of aryl methyl sites for hydroxylation is 1. The second-order valence-electron chi connectivity index (χ2n) is 5.97. The Labute approximate surface area is 144 Å². The predicted molar refractivity (Wildman–Crippen MR) is 94.2 cm³/mol. The summed E-state index contributed by atoms with van der Waals surface area (Å²) in [7, 11) is 0. The highest BCUT2D eigenvalue weighted by atomic mass is 35.5. The first-order valence-electron chi connectivity index (χ1n) is 8.15. The van der Waals surface area contributed by atoms with E-state index in [0.717, 1.165) is 51.9 Å². The maximum absolute atomic E-state index is 14.4. The maximum atomic E-state index is 14.4. The normalized spacial score (nSPS) is 16.7. The van der Waals surface area contributed by atoms with Crippen molar-refractivity contribution in [3.8, 4) is 0 Å². The highest BCUT2D eigenvalue weighted by Crippen LogP contribution is 2.31. The fourth-order valence-corrected chi connectivity index (χ4v) is 3.07. The van der Waals surface area contributed by atoms with Crippen LogP contribution < -0.4 is 5.32 Å². The van der Waals surface area contributed by atoms with Crippen molar-refractivity contribution in [2.75, 3.05) is 26.2 Å². The SMILES string of the molecule is C=CCCCC[C@@H](c1ccc(C)c(F)c1F)N1CCNCC1.Cl. The first-order valence-corrected chi connectivity index (χ1v) is 8.15. The van der Waals surface area contributed by atoms with Crippen molar-refractivity contribution in [3.63, 3.8) is 0 Å². The van der Waals surface area contributed by atoms with E-state index in [1.54, 1.807) is 19.1 Å². The average molecular weight is 345 g/mol. The Morgan fingerprint density at radius 3 is 2.57 bits per heavy atom. The lowest BCUT2D eigenvalue weighted by Crippen LogP contribution is -2.45. The third-order valence-corrected chi connectivity index (χ3v) is 4.39. The molecule has 2 nitrogen and oxygen atoms in total. The summed E-state index contributed by atoms with van der Waals surface area (Å²) in [6.07, 6.45) is 5.77. The van der Waals surface area contributed by atoms with Crippen molar-refractivity contribution >= 4 is 12.4 Å². The molecule has 0 saturated carbocycles. The van der Waals surface area contributed by atoms with Crippen LogP contribution in [0.1, 0.15) is 42.9 Å². The van der Waals surface area contributed by atoms with Crippen molar-refractivity contribution in [2.45, 2.75) is 38.6 Å². The minimum Gasteiger partial charge on any atom is -0.314 e. The number of benzene rings is 1. The average Bonchev–Trinajstić information content (AvgIpc) is 2.55. The van der Waals surface area contributed by atoms with Crippen LogP contribution in [0.2, 0.25) is 0 Å². The smallest absolute Gasteiger partial charge is 0.163 e. The minimum atomic E-state index is -0.705. The van der Waals surface area contributed by atoms with E-state index in [2.05, 4.69) is 16.8 Å². The van der Waals surface area contributed by atoms with Crippen LogP contribution in [0.4, 0.5) is 8.78 Å². The van der Waals surface area contributed by atoms with Gasteiger partial charge in [-0.25, -0.2) is 8.78 Å². The molecule has 1 N–H and O–H groups in total. The largest absolute Gasteiger partial charge is 0.314 e. The quantitative estimate of drug-likeness (QED) is 0.583. The molecule has 0 amide bonds. The lowest BCUT2D eigenvalue weighted by molar-refractivity contribution is 0.159. The minimum absolute atomic E-state index is 0. The van der Waals surface area contributed by atoms with Crippen molar-refractivity contribution in [2.24, 2.45) is 0 Å². The summed E-state index contributed by atoms with van der Waals surface area (Å²) in [5, 5.41) is 3.31. The molecule has 2 rings (SSSR count). The van der Waals surface area contributed by atoms with E-state index in [4.69, 9.17) is 0 Å². The van der Waals surface area contributed by atoms with Crippen molar-refractivity contribution in [1.29, 1.82) is 0 Å². The Balaban J connectivity index is 0.00000264. The molecule has 1 fully saturated rings. The number of piperazine rings is 1. The van der Waals surface area contributed by atoms with Gasteiger partial charge in [-0.3, -0.25) is 4.90 Å². The molecule has 0 aromatic heterocycles. The molecule has 1 aromatic carbocycles. The van der Waals surface area contributed by atoms with Crippen LogP contribution >= 0.6 is 12.4 Å². The van der Waals surface area contributed by atoms with Crippen LogP contribution in [-0.2, 0) is 0 Å². The second-order valence-corrected chi connectivity index (χ2v) is 5.97. The number of rotatable bonds is 7. The molecule has 23 heavy (non-hydrogen) atoms. The first kappa shape index (κ1) is 20.1. The molecule has 0 unspecified atom stereocenters. The Morgan fingerprint density at radius 2 is 1.91 bits per heavy atom. The number of nitrogens with zero attached hydrogens (tertiary/aromatic N) is 1.